The van der Waals surface area contributed by atoms with E-state index in [0.29, 0.717) is 6.42 Å². The molecule has 1 N–H and O–H groups in total. The van der Waals surface area contributed by atoms with E-state index in [-0.39, 0.29) is 13.0 Å². The van der Waals surface area contributed by atoms with Gasteiger partial charge in [-0.15, -0.1) is 0 Å². The fourth-order valence-corrected chi connectivity index (χ4v) is 4.07. The minimum absolute atomic E-state index is 0.0534. The van der Waals surface area contributed by atoms with Crippen LogP contribution in [0.3, 0.4) is 0 Å². The first-order valence-corrected chi connectivity index (χ1v) is 13.8. The fraction of sp³-hybridized carbons (Fsp3) is 0.793. The molecule has 0 spiro atoms. The van der Waals surface area contributed by atoms with Gasteiger partial charge in [0, 0.05) is 0 Å². The number of hydrogen-bond acceptors (Lipinski definition) is 3. The maximum Gasteiger partial charge on any atom is 0.307 e. The lowest BCUT2D eigenvalue weighted by molar-refractivity contribution is -0.151. The number of carbonyl (C=O) groups is 2. The van der Waals surface area contributed by atoms with Crippen molar-refractivity contribution in [2.24, 2.45) is 5.92 Å². The molecule has 0 heterocycles. The van der Waals surface area contributed by atoms with Gasteiger partial charge in [0.15, 0.2) is 0 Å². The monoisotopic (exact) mass is 464 g/mol. The topological polar surface area (TPSA) is 63.6 Å². The van der Waals surface area contributed by atoms with Crippen LogP contribution in [0.15, 0.2) is 24.8 Å². The summed E-state index contributed by atoms with van der Waals surface area (Å²) in [5, 5.41) is 9.27. The minimum Gasteiger partial charge on any atom is -0.481 e. The SMILES string of the molecule is C=CCOC(=O)CC(CCCCC/C=C/CCCCCCCCCCCCCCC)C(=O)O. The van der Waals surface area contributed by atoms with E-state index in [2.05, 4.69) is 25.7 Å². The molecule has 0 aromatic rings. The second-order valence-corrected chi connectivity index (χ2v) is 9.35. The molecule has 0 aliphatic heterocycles. The average molecular weight is 465 g/mol. The molecule has 0 amide bonds. The minimum atomic E-state index is -0.914. The third-order valence-electron chi connectivity index (χ3n) is 6.19. The highest BCUT2D eigenvalue weighted by Gasteiger charge is 2.21. The first-order chi connectivity index (χ1) is 16.1. The molecular formula is C29H52O4. The van der Waals surface area contributed by atoms with Gasteiger partial charge in [-0.1, -0.05) is 122 Å². The van der Waals surface area contributed by atoms with E-state index in [1.54, 1.807) is 0 Å². The third kappa shape index (κ3) is 23.4. The average Bonchev–Trinajstić information content (AvgIpc) is 2.80. The molecule has 0 rings (SSSR count). The standard InChI is InChI=1S/C29H52O4/c1-3-5-6-7-8-9-10-11-12-13-14-15-16-17-18-19-20-21-22-23-24-27(29(31)32)26-28(30)33-25-4-2/h4,18-19,27H,2-3,5-17,20-26H2,1H3,(H,31,32)/b19-18+. The van der Waals surface area contributed by atoms with E-state index in [1.807, 2.05) is 0 Å². The Morgan fingerprint density at radius 2 is 1.21 bits per heavy atom. The van der Waals surface area contributed by atoms with Crippen molar-refractivity contribution in [1.82, 2.24) is 0 Å². The van der Waals surface area contributed by atoms with Gasteiger partial charge in [-0.05, 0) is 32.1 Å². The maximum absolute atomic E-state index is 11.6. The summed E-state index contributed by atoms with van der Waals surface area (Å²) in [5.74, 6) is -2.02. The Labute approximate surface area is 204 Å². The lowest BCUT2D eigenvalue weighted by Gasteiger charge is -2.11. The highest BCUT2D eigenvalue weighted by atomic mass is 16.5. The lowest BCUT2D eigenvalue weighted by atomic mass is 9.97. The Morgan fingerprint density at radius 1 is 0.758 bits per heavy atom. The van der Waals surface area contributed by atoms with Crippen LogP contribution >= 0.6 is 0 Å². The Kier molecular flexibility index (Phi) is 23.9. The van der Waals surface area contributed by atoms with E-state index >= 15 is 0 Å². The molecule has 0 radical (unpaired) electrons. The number of allylic oxidation sites excluding steroid dienone is 2. The quantitative estimate of drug-likeness (QED) is 0.0832. The summed E-state index contributed by atoms with van der Waals surface area (Å²) < 4.78 is 4.89. The Morgan fingerprint density at radius 3 is 1.67 bits per heavy atom. The van der Waals surface area contributed by atoms with Crippen molar-refractivity contribution in [2.75, 3.05) is 6.61 Å². The van der Waals surface area contributed by atoms with Gasteiger partial charge in [-0.2, -0.15) is 0 Å². The molecule has 0 fully saturated rings. The molecule has 1 atom stereocenters. The number of hydrogen-bond donors (Lipinski definition) is 1. The Balaban J connectivity index is 3.44. The van der Waals surface area contributed by atoms with Crippen molar-refractivity contribution in [3.05, 3.63) is 24.8 Å². The van der Waals surface area contributed by atoms with Gasteiger partial charge in [-0.3, -0.25) is 9.59 Å². The first kappa shape index (κ1) is 31.4. The van der Waals surface area contributed by atoms with Crippen molar-refractivity contribution in [2.45, 2.75) is 135 Å². The molecule has 0 saturated carbocycles. The zero-order valence-electron chi connectivity index (χ0n) is 21.5. The molecule has 0 aliphatic carbocycles. The van der Waals surface area contributed by atoms with Crippen molar-refractivity contribution in [1.29, 1.82) is 0 Å². The summed E-state index contributed by atoms with van der Waals surface area (Å²) in [4.78, 5) is 22.9. The highest BCUT2D eigenvalue weighted by molar-refractivity contribution is 5.78. The largest absolute Gasteiger partial charge is 0.481 e. The van der Waals surface area contributed by atoms with Crippen LogP contribution in [0.5, 0.6) is 0 Å². The predicted octanol–water partition coefficient (Wildman–Crippen LogP) is 8.79. The number of esters is 1. The van der Waals surface area contributed by atoms with Gasteiger partial charge in [0.2, 0.25) is 0 Å². The summed E-state index contributed by atoms with van der Waals surface area (Å²) in [6.07, 6.45) is 29.8. The molecule has 192 valence electrons. The number of carboxylic acids is 1. The Bertz CT molecular complexity index is 498. The molecule has 4 heteroatoms. The lowest BCUT2D eigenvalue weighted by Crippen LogP contribution is -2.19. The third-order valence-corrected chi connectivity index (χ3v) is 6.19. The second kappa shape index (κ2) is 25.1. The van der Waals surface area contributed by atoms with Gasteiger partial charge < -0.3 is 9.84 Å². The molecule has 33 heavy (non-hydrogen) atoms. The summed E-state index contributed by atoms with van der Waals surface area (Å²) in [6, 6.07) is 0. The van der Waals surface area contributed by atoms with Gasteiger partial charge in [0.25, 0.3) is 0 Å². The van der Waals surface area contributed by atoms with Gasteiger partial charge in [0.05, 0.1) is 12.3 Å². The number of unbranched alkanes of at least 4 members (excludes halogenated alkanes) is 16. The summed E-state index contributed by atoms with van der Waals surface area (Å²) in [7, 11) is 0. The predicted molar refractivity (Wildman–Crippen MR) is 139 cm³/mol. The van der Waals surface area contributed by atoms with Crippen molar-refractivity contribution >= 4 is 11.9 Å². The second-order valence-electron chi connectivity index (χ2n) is 9.35. The van der Waals surface area contributed by atoms with Crippen molar-refractivity contribution in [3.8, 4) is 0 Å². The maximum atomic E-state index is 11.6. The van der Waals surface area contributed by atoms with E-state index in [1.165, 1.54) is 96.0 Å². The Hall–Kier alpha value is -1.58. The van der Waals surface area contributed by atoms with Crippen LogP contribution < -0.4 is 0 Å². The zero-order chi connectivity index (χ0) is 24.4. The highest BCUT2D eigenvalue weighted by Crippen LogP contribution is 2.16. The van der Waals surface area contributed by atoms with E-state index in [9.17, 15) is 14.7 Å². The van der Waals surface area contributed by atoms with Crippen LogP contribution in [0, 0.1) is 5.92 Å². The molecule has 4 nitrogen and oxygen atoms in total. The number of ether oxygens (including phenoxy) is 1. The summed E-state index contributed by atoms with van der Waals surface area (Å²) >= 11 is 0. The molecule has 0 aromatic carbocycles. The van der Waals surface area contributed by atoms with Crippen LogP contribution in [0.2, 0.25) is 0 Å². The normalized spacial score (nSPS) is 12.2. The zero-order valence-corrected chi connectivity index (χ0v) is 21.5. The number of carboxylic acid groups (broad SMARTS) is 1. The first-order valence-electron chi connectivity index (χ1n) is 13.8. The van der Waals surface area contributed by atoms with Crippen LogP contribution in [-0.4, -0.2) is 23.7 Å². The van der Waals surface area contributed by atoms with Crippen LogP contribution in [0.1, 0.15) is 135 Å². The molecule has 1 unspecified atom stereocenters. The van der Waals surface area contributed by atoms with Crippen LogP contribution in [-0.2, 0) is 14.3 Å². The van der Waals surface area contributed by atoms with Gasteiger partial charge in [0.1, 0.15) is 6.61 Å². The van der Waals surface area contributed by atoms with Crippen molar-refractivity contribution in [3.63, 3.8) is 0 Å². The van der Waals surface area contributed by atoms with Gasteiger partial charge in [-0.25, -0.2) is 0 Å². The number of aliphatic carboxylic acids is 1. The molecule has 0 bridgehead atoms. The smallest absolute Gasteiger partial charge is 0.307 e. The van der Waals surface area contributed by atoms with Crippen LogP contribution in [0.25, 0.3) is 0 Å². The number of carbonyl (C=O) groups excluding carboxylic acids is 1. The summed E-state index contributed by atoms with van der Waals surface area (Å²) in [5.41, 5.74) is 0. The van der Waals surface area contributed by atoms with Crippen LogP contribution in [0.4, 0.5) is 0 Å². The van der Waals surface area contributed by atoms with Gasteiger partial charge >= 0.3 is 11.9 Å². The fourth-order valence-electron chi connectivity index (χ4n) is 4.07. The molecule has 0 saturated heterocycles. The molecule has 0 aliphatic rings. The van der Waals surface area contributed by atoms with E-state index in [4.69, 9.17) is 4.74 Å². The van der Waals surface area contributed by atoms with E-state index < -0.39 is 17.9 Å². The van der Waals surface area contributed by atoms with E-state index in [0.717, 1.165) is 25.7 Å². The molecule has 0 aromatic heterocycles. The molecular weight excluding hydrogens is 412 g/mol. The van der Waals surface area contributed by atoms with Crippen molar-refractivity contribution < 1.29 is 19.4 Å². The summed E-state index contributed by atoms with van der Waals surface area (Å²) in [6.45, 7) is 5.89. The number of rotatable bonds is 25.